The van der Waals surface area contributed by atoms with Crippen LogP contribution in [0.2, 0.25) is 0 Å². The predicted octanol–water partition coefficient (Wildman–Crippen LogP) is 1.84. The van der Waals surface area contributed by atoms with Gasteiger partial charge in [0.1, 0.15) is 6.04 Å². The minimum absolute atomic E-state index is 0.126. The number of aliphatic carboxylic acids is 1. The van der Waals surface area contributed by atoms with Crippen LogP contribution < -0.4 is 5.32 Å². The Hall–Kier alpha value is -1.43. The monoisotopic (exact) mass is 257 g/mol. The van der Waals surface area contributed by atoms with E-state index in [0.29, 0.717) is 5.09 Å². The van der Waals surface area contributed by atoms with Gasteiger partial charge in [0.05, 0.1) is 0 Å². The van der Waals surface area contributed by atoms with Crippen molar-refractivity contribution in [1.29, 1.82) is 0 Å². The molecule has 2 N–H and O–H groups in total. The zero-order valence-corrected chi connectivity index (χ0v) is 10.7. The van der Waals surface area contributed by atoms with Crippen molar-refractivity contribution in [3.05, 3.63) is 17.9 Å². The van der Waals surface area contributed by atoms with E-state index in [1.54, 1.807) is 19.9 Å². The highest BCUT2D eigenvalue weighted by atomic mass is 32.2. The van der Waals surface area contributed by atoms with Crippen molar-refractivity contribution in [3.63, 3.8) is 0 Å². The standard InChI is InChI=1S/C11H15NO4S/c1-6(2)9(11(14)15)12-10(13)7-4-5-8(16-7)17-3/h4-6,9H,1-3H3,(H,12,13)(H,14,15)/t9-/m1/s1. The third-order valence-corrected chi connectivity index (χ3v) is 2.85. The summed E-state index contributed by atoms with van der Waals surface area (Å²) in [5.41, 5.74) is 0. The van der Waals surface area contributed by atoms with Crippen molar-refractivity contribution in [1.82, 2.24) is 5.32 Å². The largest absolute Gasteiger partial charge is 0.480 e. The number of hydrogen-bond acceptors (Lipinski definition) is 4. The van der Waals surface area contributed by atoms with E-state index in [9.17, 15) is 9.59 Å². The maximum atomic E-state index is 11.7. The molecule has 0 saturated heterocycles. The Morgan fingerprint density at radius 3 is 2.47 bits per heavy atom. The van der Waals surface area contributed by atoms with Crippen molar-refractivity contribution < 1.29 is 19.1 Å². The van der Waals surface area contributed by atoms with Gasteiger partial charge in [0.15, 0.2) is 10.9 Å². The summed E-state index contributed by atoms with van der Waals surface area (Å²) in [5.74, 6) is -1.62. The van der Waals surface area contributed by atoms with Crippen LogP contribution in [0, 0.1) is 5.92 Å². The highest BCUT2D eigenvalue weighted by Crippen LogP contribution is 2.18. The number of rotatable bonds is 5. The molecule has 94 valence electrons. The second kappa shape index (κ2) is 5.77. The number of carboxylic acid groups (broad SMARTS) is 1. The highest BCUT2D eigenvalue weighted by molar-refractivity contribution is 7.98. The second-order valence-electron chi connectivity index (χ2n) is 3.86. The van der Waals surface area contributed by atoms with E-state index >= 15 is 0 Å². The first-order chi connectivity index (χ1) is 7.95. The summed E-state index contributed by atoms with van der Waals surface area (Å²) in [5, 5.41) is 12.0. The van der Waals surface area contributed by atoms with Crippen LogP contribution in [0.1, 0.15) is 24.4 Å². The van der Waals surface area contributed by atoms with Gasteiger partial charge in [0, 0.05) is 0 Å². The van der Waals surface area contributed by atoms with Crippen LogP contribution in [-0.2, 0) is 4.79 Å². The summed E-state index contributed by atoms with van der Waals surface area (Å²) in [6.45, 7) is 3.46. The molecule has 1 heterocycles. The van der Waals surface area contributed by atoms with Crippen LogP contribution in [0.3, 0.4) is 0 Å². The van der Waals surface area contributed by atoms with Crippen LogP contribution in [0.25, 0.3) is 0 Å². The molecule has 1 aromatic rings. The zero-order chi connectivity index (χ0) is 13.0. The number of amides is 1. The highest BCUT2D eigenvalue weighted by Gasteiger charge is 2.25. The first-order valence-corrected chi connectivity index (χ1v) is 6.35. The Labute approximate surface area is 104 Å². The lowest BCUT2D eigenvalue weighted by molar-refractivity contribution is -0.140. The maximum absolute atomic E-state index is 11.7. The number of furan rings is 1. The van der Waals surface area contributed by atoms with E-state index in [0.717, 1.165) is 0 Å². The number of hydrogen-bond donors (Lipinski definition) is 2. The van der Waals surface area contributed by atoms with Gasteiger partial charge in [-0.2, -0.15) is 0 Å². The molecule has 0 aromatic carbocycles. The average molecular weight is 257 g/mol. The number of carbonyl (C=O) groups excluding carboxylic acids is 1. The molecule has 0 bridgehead atoms. The molecule has 0 saturated carbocycles. The van der Waals surface area contributed by atoms with Gasteiger partial charge in [0.25, 0.3) is 5.91 Å². The third-order valence-electron chi connectivity index (χ3n) is 2.23. The smallest absolute Gasteiger partial charge is 0.326 e. The molecule has 0 spiro atoms. The number of thioether (sulfide) groups is 1. The summed E-state index contributed by atoms with van der Waals surface area (Å²) in [7, 11) is 0. The topological polar surface area (TPSA) is 79.5 Å². The lowest BCUT2D eigenvalue weighted by Crippen LogP contribution is -2.44. The first-order valence-electron chi connectivity index (χ1n) is 5.13. The van der Waals surface area contributed by atoms with Gasteiger partial charge >= 0.3 is 5.97 Å². The minimum atomic E-state index is -1.05. The van der Waals surface area contributed by atoms with Gasteiger partial charge in [-0.15, -0.1) is 0 Å². The molecule has 5 nitrogen and oxygen atoms in total. The molecule has 0 radical (unpaired) electrons. The predicted molar refractivity (Wildman–Crippen MR) is 64.2 cm³/mol. The summed E-state index contributed by atoms with van der Waals surface area (Å²) < 4.78 is 5.21. The van der Waals surface area contributed by atoms with Crippen LogP contribution in [0.5, 0.6) is 0 Å². The fourth-order valence-corrected chi connectivity index (χ4v) is 1.66. The van der Waals surface area contributed by atoms with E-state index in [2.05, 4.69) is 5.32 Å². The molecule has 17 heavy (non-hydrogen) atoms. The van der Waals surface area contributed by atoms with E-state index in [1.165, 1.54) is 17.8 Å². The molecular weight excluding hydrogens is 242 g/mol. The molecule has 1 aromatic heterocycles. The molecule has 0 aliphatic carbocycles. The molecule has 0 aliphatic rings. The Bertz CT molecular complexity index is 413. The third kappa shape index (κ3) is 3.52. The maximum Gasteiger partial charge on any atom is 0.326 e. The summed E-state index contributed by atoms with van der Waals surface area (Å²) in [6, 6.07) is 2.29. The molecule has 1 atom stereocenters. The quantitative estimate of drug-likeness (QED) is 0.787. The minimum Gasteiger partial charge on any atom is -0.480 e. The number of nitrogens with one attached hydrogen (secondary N) is 1. The fourth-order valence-electron chi connectivity index (χ4n) is 1.28. The summed E-state index contributed by atoms with van der Waals surface area (Å²) in [6.07, 6.45) is 1.83. The zero-order valence-electron chi connectivity index (χ0n) is 9.89. The SMILES string of the molecule is CSc1ccc(C(=O)N[C@@H](C(=O)O)C(C)C)o1. The average Bonchev–Trinajstić information content (AvgIpc) is 2.73. The van der Waals surface area contributed by atoms with Crippen molar-refractivity contribution in [2.24, 2.45) is 5.92 Å². The normalized spacial score (nSPS) is 12.5. The molecule has 0 fully saturated rings. The van der Waals surface area contributed by atoms with Gasteiger partial charge < -0.3 is 14.8 Å². The van der Waals surface area contributed by atoms with Crippen molar-refractivity contribution in [3.8, 4) is 0 Å². The first kappa shape index (κ1) is 13.6. The van der Waals surface area contributed by atoms with Crippen LogP contribution in [0.15, 0.2) is 21.6 Å². The molecule has 6 heteroatoms. The van der Waals surface area contributed by atoms with Gasteiger partial charge in [-0.25, -0.2) is 4.79 Å². The van der Waals surface area contributed by atoms with Gasteiger partial charge in [0.2, 0.25) is 0 Å². The molecule has 1 amide bonds. The summed E-state index contributed by atoms with van der Waals surface area (Å²) in [4.78, 5) is 22.6. The van der Waals surface area contributed by atoms with Gasteiger partial charge in [-0.1, -0.05) is 25.6 Å². The Morgan fingerprint density at radius 1 is 1.41 bits per heavy atom. The molecule has 0 aliphatic heterocycles. The summed E-state index contributed by atoms with van der Waals surface area (Å²) >= 11 is 1.38. The second-order valence-corrected chi connectivity index (χ2v) is 4.67. The molecule has 1 rings (SSSR count). The number of carbonyl (C=O) groups is 2. The van der Waals surface area contributed by atoms with Crippen LogP contribution in [0.4, 0.5) is 0 Å². The van der Waals surface area contributed by atoms with Crippen LogP contribution >= 0.6 is 11.8 Å². The van der Waals surface area contributed by atoms with Gasteiger partial charge in [-0.3, -0.25) is 4.79 Å². The molecular formula is C11H15NO4S. The van der Waals surface area contributed by atoms with Crippen molar-refractivity contribution >= 4 is 23.6 Å². The van der Waals surface area contributed by atoms with E-state index < -0.39 is 17.9 Å². The van der Waals surface area contributed by atoms with Crippen molar-refractivity contribution in [2.45, 2.75) is 25.0 Å². The lowest BCUT2D eigenvalue weighted by atomic mass is 10.0. The molecule has 0 unspecified atom stereocenters. The van der Waals surface area contributed by atoms with Crippen LogP contribution in [-0.4, -0.2) is 29.3 Å². The van der Waals surface area contributed by atoms with E-state index in [-0.39, 0.29) is 11.7 Å². The Balaban J connectivity index is 2.73. The lowest BCUT2D eigenvalue weighted by Gasteiger charge is -2.16. The van der Waals surface area contributed by atoms with Gasteiger partial charge in [-0.05, 0) is 24.3 Å². The fraction of sp³-hybridized carbons (Fsp3) is 0.455. The Morgan fingerprint density at radius 2 is 2.06 bits per heavy atom. The number of carboxylic acids is 1. The van der Waals surface area contributed by atoms with E-state index in [1.807, 2.05) is 6.26 Å². The Kier molecular flexibility index (Phi) is 4.62. The van der Waals surface area contributed by atoms with Crippen molar-refractivity contribution in [2.75, 3.05) is 6.26 Å². The van der Waals surface area contributed by atoms with E-state index in [4.69, 9.17) is 9.52 Å².